The second kappa shape index (κ2) is 4.79. The lowest BCUT2D eigenvalue weighted by molar-refractivity contribution is 0.380. The molecule has 1 atom stereocenters. The van der Waals surface area contributed by atoms with Crippen molar-refractivity contribution >= 4 is 11.4 Å². The van der Waals surface area contributed by atoms with E-state index in [0.717, 1.165) is 30.9 Å². The topological polar surface area (TPSA) is 15.3 Å². The van der Waals surface area contributed by atoms with E-state index in [1.165, 1.54) is 0 Å². The quantitative estimate of drug-likeness (QED) is 0.857. The van der Waals surface area contributed by atoms with Crippen LogP contribution in [0.3, 0.4) is 0 Å². The molecule has 0 aliphatic carbocycles. The first-order valence-corrected chi connectivity index (χ1v) is 6.73. The molecule has 18 heavy (non-hydrogen) atoms. The van der Waals surface area contributed by atoms with E-state index < -0.39 is 0 Å². The van der Waals surface area contributed by atoms with Crippen molar-refractivity contribution in [3.63, 3.8) is 0 Å². The van der Waals surface area contributed by atoms with Gasteiger partial charge in [0, 0.05) is 19.1 Å². The maximum absolute atomic E-state index is 13.4. The number of nitrogens with zero attached hydrogens (tertiary/aromatic N) is 1. The summed E-state index contributed by atoms with van der Waals surface area (Å²) < 4.78 is 13.4. The minimum absolute atomic E-state index is 0.176. The molecule has 0 radical (unpaired) electrons. The molecule has 1 aromatic carbocycles. The maximum atomic E-state index is 13.4. The van der Waals surface area contributed by atoms with E-state index in [0.29, 0.717) is 6.04 Å². The Morgan fingerprint density at radius 3 is 2.83 bits per heavy atom. The zero-order valence-electron chi connectivity index (χ0n) is 11.8. The molecule has 0 saturated heterocycles. The molecule has 1 heterocycles. The van der Waals surface area contributed by atoms with Gasteiger partial charge in [0.15, 0.2) is 0 Å². The molecule has 1 aromatic rings. The summed E-state index contributed by atoms with van der Waals surface area (Å²) >= 11 is 0. The fourth-order valence-electron chi connectivity index (χ4n) is 2.45. The van der Waals surface area contributed by atoms with Gasteiger partial charge in [-0.15, -0.1) is 0 Å². The molecular formula is C15H23FN2. The average molecular weight is 250 g/mol. The highest BCUT2D eigenvalue weighted by atomic mass is 19.1. The average Bonchev–Trinajstić information content (AvgIpc) is 2.45. The number of benzene rings is 1. The summed E-state index contributed by atoms with van der Waals surface area (Å²) in [6, 6.07) is 5.51. The van der Waals surface area contributed by atoms with Crippen LogP contribution in [0.25, 0.3) is 0 Å². The smallest absolute Gasteiger partial charge is 0.125 e. The van der Waals surface area contributed by atoms with Crippen LogP contribution in [-0.2, 0) is 0 Å². The number of hydrogen-bond acceptors (Lipinski definition) is 2. The van der Waals surface area contributed by atoms with Crippen molar-refractivity contribution in [2.75, 3.05) is 23.3 Å². The first-order valence-electron chi connectivity index (χ1n) is 6.73. The monoisotopic (exact) mass is 250 g/mol. The lowest BCUT2D eigenvalue weighted by Gasteiger charge is -2.35. The third-order valence-electron chi connectivity index (χ3n) is 3.75. The summed E-state index contributed by atoms with van der Waals surface area (Å²) in [6.07, 6.45) is 1.09. The molecule has 0 bridgehead atoms. The van der Waals surface area contributed by atoms with E-state index in [1.807, 2.05) is 6.07 Å². The summed E-state index contributed by atoms with van der Waals surface area (Å²) in [5.74, 6) is -0.176. The lowest BCUT2D eigenvalue weighted by Crippen LogP contribution is -2.40. The van der Waals surface area contributed by atoms with E-state index in [1.54, 1.807) is 12.1 Å². The van der Waals surface area contributed by atoms with Crippen LogP contribution in [0, 0.1) is 11.2 Å². The summed E-state index contributed by atoms with van der Waals surface area (Å²) in [7, 11) is 0. The molecular weight excluding hydrogens is 227 g/mol. The van der Waals surface area contributed by atoms with Crippen molar-refractivity contribution in [1.29, 1.82) is 0 Å². The Morgan fingerprint density at radius 1 is 1.44 bits per heavy atom. The van der Waals surface area contributed by atoms with Crippen molar-refractivity contribution < 1.29 is 4.39 Å². The number of halogens is 1. The summed E-state index contributed by atoms with van der Waals surface area (Å²) in [4.78, 5) is 2.40. The molecule has 0 fully saturated rings. The predicted molar refractivity (Wildman–Crippen MR) is 75.8 cm³/mol. The molecule has 1 unspecified atom stereocenters. The molecule has 2 rings (SSSR count). The van der Waals surface area contributed by atoms with Gasteiger partial charge in [0.1, 0.15) is 5.82 Å². The Bertz CT molecular complexity index is 429. The normalized spacial score (nSPS) is 19.7. The third-order valence-corrected chi connectivity index (χ3v) is 3.75. The van der Waals surface area contributed by atoms with Gasteiger partial charge in [-0.2, -0.15) is 0 Å². The van der Waals surface area contributed by atoms with Gasteiger partial charge in [0.2, 0.25) is 0 Å². The second-order valence-electron chi connectivity index (χ2n) is 6.06. The fraction of sp³-hybridized carbons (Fsp3) is 0.600. The van der Waals surface area contributed by atoms with Crippen LogP contribution in [0.15, 0.2) is 18.2 Å². The van der Waals surface area contributed by atoms with Crippen molar-refractivity contribution in [3.8, 4) is 0 Å². The van der Waals surface area contributed by atoms with Gasteiger partial charge in [0.25, 0.3) is 0 Å². The Balaban J connectivity index is 2.43. The lowest BCUT2D eigenvalue weighted by atomic mass is 9.92. The zero-order valence-corrected chi connectivity index (χ0v) is 11.8. The van der Waals surface area contributed by atoms with Crippen LogP contribution < -0.4 is 10.2 Å². The van der Waals surface area contributed by atoms with Gasteiger partial charge in [-0.05, 0) is 37.0 Å². The van der Waals surface area contributed by atoms with E-state index in [-0.39, 0.29) is 11.2 Å². The van der Waals surface area contributed by atoms with Crippen LogP contribution >= 0.6 is 0 Å². The molecule has 2 nitrogen and oxygen atoms in total. The molecule has 0 aromatic heterocycles. The molecule has 0 saturated carbocycles. The number of rotatable bonds is 2. The Kier molecular flexibility index (Phi) is 3.51. The summed E-state index contributed by atoms with van der Waals surface area (Å²) in [5, 5.41) is 3.38. The number of nitrogens with one attached hydrogen (secondary N) is 1. The van der Waals surface area contributed by atoms with E-state index in [2.05, 4.69) is 37.9 Å². The maximum Gasteiger partial charge on any atom is 0.125 e. The van der Waals surface area contributed by atoms with Crippen molar-refractivity contribution in [2.24, 2.45) is 5.41 Å². The summed E-state index contributed by atoms with van der Waals surface area (Å²) in [6.45, 7) is 10.8. The van der Waals surface area contributed by atoms with Gasteiger partial charge < -0.3 is 10.2 Å². The Hall–Kier alpha value is -1.25. The molecule has 1 aliphatic heterocycles. The zero-order chi connectivity index (χ0) is 13.3. The van der Waals surface area contributed by atoms with Crippen LogP contribution in [-0.4, -0.2) is 19.1 Å². The molecule has 0 amide bonds. The first kappa shape index (κ1) is 13.2. The summed E-state index contributed by atoms with van der Waals surface area (Å²) in [5.41, 5.74) is 2.22. The third kappa shape index (κ3) is 2.60. The molecule has 0 spiro atoms. The number of anilines is 2. The number of hydrogen-bond donors (Lipinski definition) is 1. The van der Waals surface area contributed by atoms with E-state index >= 15 is 0 Å². The van der Waals surface area contributed by atoms with Gasteiger partial charge >= 0.3 is 0 Å². The van der Waals surface area contributed by atoms with Gasteiger partial charge in [-0.25, -0.2) is 4.39 Å². The van der Waals surface area contributed by atoms with Gasteiger partial charge in [0.05, 0.1) is 11.4 Å². The highest BCUT2D eigenvalue weighted by Crippen LogP contribution is 2.35. The van der Waals surface area contributed by atoms with Gasteiger partial charge in [-0.1, -0.05) is 20.8 Å². The highest BCUT2D eigenvalue weighted by Gasteiger charge is 2.29. The minimum atomic E-state index is -0.176. The van der Waals surface area contributed by atoms with E-state index in [9.17, 15) is 4.39 Å². The van der Waals surface area contributed by atoms with Crippen molar-refractivity contribution in [3.05, 3.63) is 24.0 Å². The van der Waals surface area contributed by atoms with E-state index in [4.69, 9.17) is 0 Å². The van der Waals surface area contributed by atoms with Crippen molar-refractivity contribution in [1.82, 2.24) is 0 Å². The van der Waals surface area contributed by atoms with Crippen molar-refractivity contribution in [2.45, 2.75) is 40.2 Å². The van der Waals surface area contributed by atoms with Gasteiger partial charge in [-0.3, -0.25) is 0 Å². The molecule has 3 heteroatoms. The first-order chi connectivity index (χ1) is 8.43. The van der Waals surface area contributed by atoms with Crippen LogP contribution in [0.5, 0.6) is 0 Å². The second-order valence-corrected chi connectivity index (χ2v) is 6.06. The fourth-order valence-corrected chi connectivity index (χ4v) is 2.45. The highest BCUT2D eigenvalue weighted by molar-refractivity contribution is 5.71. The molecule has 100 valence electrons. The van der Waals surface area contributed by atoms with Crippen LogP contribution in [0.2, 0.25) is 0 Å². The Labute approximate surface area is 109 Å². The van der Waals surface area contributed by atoms with Crippen LogP contribution in [0.4, 0.5) is 15.8 Å². The predicted octanol–water partition coefficient (Wildman–Crippen LogP) is 3.88. The van der Waals surface area contributed by atoms with Crippen LogP contribution in [0.1, 0.15) is 34.1 Å². The largest absolute Gasteiger partial charge is 0.383 e. The molecule has 1 N–H and O–H groups in total. The minimum Gasteiger partial charge on any atom is -0.383 e. The SMILES string of the molecule is CCC(C)N1CC(C)(C)CNc2cc(F)ccc21. The number of fused-ring (bicyclic) bond motifs is 1. The standard InChI is InChI=1S/C15H23FN2/c1-5-11(2)18-10-15(3,4)9-17-13-8-12(16)6-7-14(13)18/h6-8,11,17H,5,9-10H2,1-4H3. The Morgan fingerprint density at radius 2 is 2.17 bits per heavy atom. The molecule has 1 aliphatic rings.